The van der Waals surface area contributed by atoms with E-state index in [2.05, 4.69) is 5.32 Å². The molecule has 2 rings (SSSR count). The van der Waals surface area contributed by atoms with Crippen LogP contribution >= 0.6 is 11.3 Å². The Balaban J connectivity index is 1.90. The molecule has 0 aliphatic carbocycles. The normalized spacial score (nSPS) is 10.2. The van der Waals surface area contributed by atoms with E-state index in [9.17, 15) is 9.59 Å². The maximum absolute atomic E-state index is 12.0. The molecule has 0 bridgehead atoms. The fraction of sp³-hybridized carbons (Fsp3) is 0.294. The molecule has 0 aliphatic rings. The second kappa shape index (κ2) is 7.78. The van der Waals surface area contributed by atoms with Crippen molar-refractivity contribution in [2.45, 2.75) is 19.8 Å². The minimum atomic E-state index is -0.383. The highest BCUT2D eigenvalue weighted by Crippen LogP contribution is 2.27. The van der Waals surface area contributed by atoms with Crippen molar-refractivity contribution in [3.63, 3.8) is 0 Å². The summed E-state index contributed by atoms with van der Waals surface area (Å²) in [6.45, 7) is 1.82. The molecule has 0 unspecified atom stereocenters. The fourth-order valence-corrected chi connectivity index (χ4v) is 3.10. The van der Waals surface area contributed by atoms with Gasteiger partial charge in [0.15, 0.2) is 0 Å². The van der Waals surface area contributed by atoms with Gasteiger partial charge in [0, 0.05) is 6.42 Å². The third-order valence-electron chi connectivity index (χ3n) is 3.35. The Morgan fingerprint density at radius 3 is 2.48 bits per heavy atom. The summed E-state index contributed by atoms with van der Waals surface area (Å²) < 4.78 is 9.81. The Labute approximate surface area is 139 Å². The first-order chi connectivity index (χ1) is 11.0. The van der Waals surface area contributed by atoms with E-state index >= 15 is 0 Å². The molecule has 1 aromatic carbocycles. The maximum atomic E-state index is 12.0. The van der Waals surface area contributed by atoms with E-state index in [4.69, 9.17) is 9.47 Å². The lowest BCUT2D eigenvalue weighted by atomic mass is 10.1. The molecule has 0 radical (unpaired) electrons. The minimum Gasteiger partial charge on any atom is -0.497 e. The summed E-state index contributed by atoms with van der Waals surface area (Å²) in [5, 5.41) is 3.48. The SMILES string of the molecule is COC(=O)c1sc(NC(=O)CCc2ccc(OC)cc2)cc1C. The lowest BCUT2D eigenvalue weighted by molar-refractivity contribution is -0.116. The number of ether oxygens (including phenoxy) is 2. The van der Waals surface area contributed by atoms with Crippen LogP contribution in [-0.4, -0.2) is 26.1 Å². The first-order valence-corrected chi connectivity index (χ1v) is 7.96. The topological polar surface area (TPSA) is 64.6 Å². The van der Waals surface area contributed by atoms with Crippen molar-refractivity contribution < 1.29 is 19.1 Å². The second-order valence-electron chi connectivity index (χ2n) is 5.01. The van der Waals surface area contributed by atoms with E-state index in [1.165, 1.54) is 18.4 Å². The van der Waals surface area contributed by atoms with Gasteiger partial charge >= 0.3 is 5.97 Å². The summed E-state index contributed by atoms with van der Waals surface area (Å²) >= 11 is 1.22. The van der Waals surface area contributed by atoms with Gasteiger partial charge in [-0.2, -0.15) is 0 Å². The van der Waals surface area contributed by atoms with Crippen molar-refractivity contribution in [2.24, 2.45) is 0 Å². The van der Waals surface area contributed by atoms with Crippen LogP contribution in [0, 0.1) is 6.92 Å². The van der Waals surface area contributed by atoms with Gasteiger partial charge in [-0.3, -0.25) is 4.79 Å². The molecule has 23 heavy (non-hydrogen) atoms. The Kier molecular flexibility index (Phi) is 5.76. The molecule has 0 spiro atoms. The quantitative estimate of drug-likeness (QED) is 0.823. The molecule has 1 amide bonds. The fourth-order valence-electron chi connectivity index (χ4n) is 2.09. The molecule has 0 saturated heterocycles. The standard InChI is InChI=1S/C17H19NO4S/c1-11-10-15(23-16(11)17(20)22-3)18-14(19)9-6-12-4-7-13(21-2)8-5-12/h4-5,7-8,10H,6,9H2,1-3H3,(H,18,19). The van der Waals surface area contributed by atoms with Crippen LogP contribution in [0.15, 0.2) is 30.3 Å². The van der Waals surface area contributed by atoms with Crippen LogP contribution in [0.3, 0.4) is 0 Å². The van der Waals surface area contributed by atoms with Crippen molar-refractivity contribution in [2.75, 3.05) is 19.5 Å². The number of hydrogen-bond donors (Lipinski definition) is 1. The van der Waals surface area contributed by atoms with E-state index in [0.29, 0.717) is 22.7 Å². The Hall–Kier alpha value is -2.34. The van der Waals surface area contributed by atoms with Gasteiger partial charge in [-0.25, -0.2) is 4.79 Å². The lowest BCUT2D eigenvalue weighted by Crippen LogP contribution is -2.11. The maximum Gasteiger partial charge on any atom is 0.348 e. The van der Waals surface area contributed by atoms with Gasteiger partial charge in [0.05, 0.1) is 19.2 Å². The number of thiophene rings is 1. The number of rotatable bonds is 6. The summed E-state index contributed by atoms with van der Waals surface area (Å²) in [6, 6.07) is 9.41. The molecular weight excluding hydrogens is 314 g/mol. The smallest absolute Gasteiger partial charge is 0.348 e. The molecule has 0 aliphatic heterocycles. The second-order valence-corrected chi connectivity index (χ2v) is 6.06. The van der Waals surface area contributed by atoms with Gasteiger partial charge in [-0.1, -0.05) is 12.1 Å². The van der Waals surface area contributed by atoms with Crippen LogP contribution in [0.2, 0.25) is 0 Å². The number of carbonyl (C=O) groups is 2. The number of esters is 1. The van der Waals surface area contributed by atoms with Crippen LogP contribution in [0.4, 0.5) is 5.00 Å². The van der Waals surface area contributed by atoms with Crippen molar-refractivity contribution in [3.05, 3.63) is 46.3 Å². The molecule has 0 atom stereocenters. The van der Waals surface area contributed by atoms with Crippen LogP contribution < -0.4 is 10.1 Å². The molecule has 6 heteroatoms. The average Bonchev–Trinajstić information content (AvgIpc) is 2.93. The van der Waals surface area contributed by atoms with Gasteiger partial charge in [0.1, 0.15) is 10.6 Å². The van der Waals surface area contributed by atoms with E-state index in [-0.39, 0.29) is 11.9 Å². The molecule has 0 saturated carbocycles. The lowest BCUT2D eigenvalue weighted by Gasteiger charge is -2.04. The number of hydrogen-bond acceptors (Lipinski definition) is 5. The van der Waals surface area contributed by atoms with Crippen molar-refractivity contribution in [1.82, 2.24) is 0 Å². The van der Waals surface area contributed by atoms with Crippen LogP contribution in [0.1, 0.15) is 27.2 Å². The molecule has 1 heterocycles. The van der Waals surface area contributed by atoms with Crippen LogP contribution in [-0.2, 0) is 16.0 Å². The number of methoxy groups -OCH3 is 2. The number of amides is 1. The number of aryl methyl sites for hydroxylation is 2. The molecule has 1 N–H and O–H groups in total. The number of carbonyl (C=O) groups excluding carboxylic acids is 2. The van der Waals surface area contributed by atoms with Gasteiger partial charge in [0.25, 0.3) is 0 Å². The first-order valence-electron chi connectivity index (χ1n) is 7.15. The third kappa shape index (κ3) is 4.56. The summed E-state index contributed by atoms with van der Waals surface area (Å²) in [4.78, 5) is 24.1. The van der Waals surface area contributed by atoms with Gasteiger partial charge in [0.2, 0.25) is 5.91 Å². The van der Waals surface area contributed by atoms with Crippen LogP contribution in [0.5, 0.6) is 5.75 Å². The van der Waals surface area contributed by atoms with Crippen molar-refractivity contribution >= 4 is 28.2 Å². The Bertz CT molecular complexity index is 691. The first kappa shape index (κ1) is 17.0. The summed E-state index contributed by atoms with van der Waals surface area (Å²) in [7, 11) is 2.96. The van der Waals surface area contributed by atoms with E-state index in [1.807, 2.05) is 31.2 Å². The molecule has 0 fully saturated rings. The summed E-state index contributed by atoms with van der Waals surface area (Å²) in [5.41, 5.74) is 1.87. The number of nitrogens with one attached hydrogen (secondary N) is 1. The predicted octanol–water partition coefficient (Wildman–Crippen LogP) is 3.42. The van der Waals surface area contributed by atoms with E-state index in [1.54, 1.807) is 13.2 Å². The Morgan fingerprint density at radius 1 is 1.17 bits per heavy atom. The van der Waals surface area contributed by atoms with Gasteiger partial charge in [-0.15, -0.1) is 11.3 Å². The highest BCUT2D eigenvalue weighted by atomic mass is 32.1. The summed E-state index contributed by atoms with van der Waals surface area (Å²) in [5.74, 6) is 0.326. The van der Waals surface area contributed by atoms with E-state index < -0.39 is 0 Å². The molecule has 5 nitrogen and oxygen atoms in total. The van der Waals surface area contributed by atoms with E-state index in [0.717, 1.165) is 16.9 Å². The minimum absolute atomic E-state index is 0.0847. The molecule has 122 valence electrons. The zero-order chi connectivity index (χ0) is 16.8. The van der Waals surface area contributed by atoms with Gasteiger partial charge in [-0.05, 0) is 42.7 Å². The molecular formula is C17H19NO4S. The third-order valence-corrected chi connectivity index (χ3v) is 4.48. The highest BCUT2D eigenvalue weighted by Gasteiger charge is 2.15. The number of anilines is 1. The zero-order valence-corrected chi connectivity index (χ0v) is 14.2. The van der Waals surface area contributed by atoms with Crippen molar-refractivity contribution in [1.29, 1.82) is 0 Å². The molecule has 2 aromatic rings. The summed E-state index contributed by atoms with van der Waals surface area (Å²) in [6.07, 6.45) is 1.01. The Morgan fingerprint density at radius 2 is 1.87 bits per heavy atom. The highest BCUT2D eigenvalue weighted by molar-refractivity contribution is 7.18. The monoisotopic (exact) mass is 333 g/mol. The number of benzene rings is 1. The predicted molar refractivity (Wildman–Crippen MR) is 90.3 cm³/mol. The van der Waals surface area contributed by atoms with Crippen molar-refractivity contribution in [3.8, 4) is 5.75 Å². The van der Waals surface area contributed by atoms with Crippen LogP contribution in [0.25, 0.3) is 0 Å². The average molecular weight is 333 g/mol. The molecule has 1 aromatic heterocycles. The largest absolute Gasteiger partial charge is 0.497 e. The van der Waals surface area contributed by atoms with Gasteiger partial charge < -0.3 is 14.8 Å². The zero-order valence-electron chi connectivity index (χ0n) is 13.3.